The summed E-state index contributed by atoms with van der Waals surface area (Å²) in [4.78, 5) is 21.3. The first kappa shape index (κ1) is 23.3. The number of piperidine rings is 1. The van der Waals surface area contributed by atoms with Crippen LogP contribution in [0.5, 0.6) is 0 Å². The number of hydrogen-bond acceptors (Lipinski definition) is 5. The van der Waals surface area contributed by atoms with Crippen LogP contribution in [0.3, 0.4) is 0 Å². The molecule has 0 radical (unpaired) electrons. The SMILES string of the molecule is O=C(CCC1CC(c2ccc(-c3ccccc3CN3CCCCC3)cc2)=NO1)c1ccc(Cl)s1. The first-order valence-electron chi connectivity index (χ1n) is 12.1. The van der Waals surface area contributed by atoms with Crippen molar-refractivity contribution >= 4 is 34.4 Å². The molecule has 0 spiro atoms. The lowest BCUT2D eigenvalue weighted by Crippen LogP contribution is -2.29. The number of halogens is 1. The van der Waals surface area contributed by atoms with E-state index < -0.39 is 0 Å². The highest BCUT2D eigenvalue weighted by molar-refractivity contribution is 7.18. The molecule has 0 N–H and O–H groups in total. The van der Waals surface area contributed by atoms with Crippen LogP contribution in [0.25, 0.3) is 11.1 Å². The van der Waals surface area contributed by atoms with Gasteiger partial charge in [-0.05, 0) is 66.7 Å². The molecular formula is C28H29ClN2O2S. The van der Waals surface area contributed by atoms with Gasteiger partial charge in [0.05, 0.1) is 14.9 Å². The van der Waals surface area contributed by atoms with E-state index in [1.165, 1.54) is 60.4 Å². The minimum Gasteiger partial charge on any atom is -0.392 e. The highest BCUT2D eigenvalue weighted by atomic mass is 35.5. The number of thiophene rings is 1. The zero-order valence-electron chi connectivity index (χ0n) is 19.2. The maximum atomic E-state index is 12.3. The van der Waals surface area contributed by atoms with Crippen molar-refractivity contribution in [2.45, 2.75) is 51.2 Å². The molecule has 5 rings (SSSR count). The Morgan fingerprint density at radius 1 is 1.00 bits per heavy atom. The van der Waals surface area contributed by atoms with Gasteiger partial charge in [0, 0.05) is 19.4 Å². The van der Waals surface area contributed by atoms with Gasteiger partial charge in [-0.25, -0.2) is 0 Å². The first-order chi connectivity index (χ1) is 16.7. The van der Waals surface area contributed by atoms with Gasteiger partial charge in [-0.15, -0.1) is 11.3 Å². The van der Waals surface area contributed by atoms with E-state index in [2.05, 4.69) is 58.6 Å². The van der Waals surface area contributed by atoms with Crippen molar-refractivity contribution in [1.82, 2.24) is 4.90 Å². The molecule has 1 atom stereocenters. The summed E-state index contributed by atoms with van der Waals surface area (Å²) in [5, 5.41) is 4.32. The monoisotopic (exact) mass is 492 g/mol. The summed E-state index contributed by atoms with van der Waals surface area (Å²) in [6.45, 7) is 3.40. The van der Waals surface area contributed by atoms with Gasteiger partial charge in [-0.2, -0.15) is 0 Å². The maximum absolute atomic E-state index is 12.3. The first-order valence-corrected chi connectivity index (χ1v) is 13.3. The van der Waals surface area contributed by atoms with Crippen LogP contribution in [0.1, 0.15) is 59.3 Å². The molecule has 1 unspecified atom stereocenters. The molecule has 2 aliphatic rings. The number of carbonyl (C=O) groups is 1. The van der Waals surface area contributed by atoms with Crippen LogP contribution in [0.4, 0.5) is 0 Å². The van der Waals surface area contributed by atoms with Crippen molar-refractivity contribution in [2.75, 3.05) is 13.1 Å². The normalized spacial score (nSPS) is 18.5. The molecule has 176 valence electrons. The Bertz CT molecular complexity index is 1170. The second-order valence-electron chi connectivity index (χ2n) is 9.11. The average Bonchev–Trinajstić information content (AvgIpc) is 3.53. The van der Waals surface area contributed by atoms with Gasteiger partial charge in [0.2, 0.25) is 0 Å². The van der Waals surface area contributed by atoms with Crippen LogP contribution in [-0.2, 0) is 11.4 Å². The summed E-state index contributed by atoms with van der Waals surface area (Å²) in [6, 6.07) is 20.9. The van der Waals surface area contributed by atoms with Gasteiger partial charge in [-0.3, -0.25) is 9.69 Å². The van der Waals surface area contributed by atoms with Crippen LogP contribution in [0, 0.1) is 0 Å². The second-order valence-corrected chi connectivity index (χ2v) is 10.8. The fourth-order valence-electron chi connectivity index (χ4n) is 4.77. The summed E-state index contributed by atoms with van der Waals surface area (Å²) in [5.74, 6) is 0.113. The number of hydrogen-bond donors (Lipinski definition) is 0. The van der Waals surface area contributed by atoms with E-state index >= 15 is 0 Å². The van der Waals surface area contributed by atoms with Crippen molar-refractivity contribution in [2.24, 2.45) is 5.16 Å². The Morgan fingerprint density at radius 2 is 1.76 bits per heavy atom. The van der Waals surface area contributed by atoms with E-state index in [9.17, 15) is 4.79 Å². The third-order valence-corrected chi connectivity index (χ3v) is 7.94. The number of ketones is 1. The summed E-state index contributed by atoms with van der Waals surface area (Å²) < 4.78 is 0.642. The van der Waals surface area contributed by atoms with E-state index in [-0.39, 0.29) is 11.9 Å². The average molecular weight is 493 g/mol. The molecule has 1 saturated heterocycles. The van der Waals surface area contributed by atoms with Crippen LogP contribution < -0.4 is 0 Å². The Hall–Kier alpha value is -2.47. The van der Waals surface area contributed by atoms with Gasteiger partial charge in [-0.1, -0.05) is 71.7 Å². The molecule has 0 aliphatic carbocycles. The summed E-state index contributed by atoms with van der Waals surface area (Å²) in [7, 11) is 0. The highest BCUT2D eigenvalue weighted by Gasteiger charge is 2.23. The Labute approximate surface area is 210 Å². The molecular weight excluding hydrogens is 464 g/mol. The van der Waals surface area contributed by atoms with Crippen LogP contribution in [0.2, 0.25) is 4.34 Å². The van der Waals surface area contributed by atoms with Crippen molar-refractivity contribution < 1.29 is 9.63 Å². The van der Waals surface area contributed by atoms with Crippen molar-refractivity contribution in [1.29, 1.82) is 0 Å². The van der Waals surface area contributed by atoms with Gasteiger partial charge in [0.25, 0.3) is 0 Å². The Morgan fingerprint density at radius 3 is 2.53 bits per heavy atom. The van der Waals surface area contributed by atoms with Gasteiger partial charge < -0.3 is 4.84 Å². The minimum absolute atomic E-state index is 0.0562. The molecule has 2 aliphatic heterocycles. The quantitative estimate of drug-likeness (QED) is 0.312. The number of Topliss-reactive ketones (excluding diaryl/α,β-unsaturated/α-hetero) is 1. The highest BCUT2D eigenvalue weighted by Crippen LogP contribution is 2.28. The summed E-state index contributed by atoms with van der Waals surface area (Å²) >= 11 is 7.27. The molecule has 0 bridgehead atoms. The second kappa shape index (κ2) is 10.9. The molecule has 4 nitrogen and oxygen atoms in total. The molecule has 2 aromatic carbocycles. The zero-order valence-corrected chi connectivity index (χ0v) is 20.8. The molecule has 3 aromatic rings. The third-order valence-electron chi connectivity index (χ3n) is 6.66. The van der Waals surface area contributed by atoms with Gasteiger partial charge in [0.1, 0.15) is 6.10 Å². The topological polar surface area (TPSA) is 41.9 Å². The van der Waals surface area contributed by atoms with E-state index in [1.54, 1.807) is 12.1 Å². The Kier molecular flexibility index (Phi) is 7.43. The third kappa shape index (κ3) is 5.60. The number of nitrogens with zero attached hydrogens (tertiary/aromatic N) is 2. The van der Waals surface area contributed by atoms with Crippen molar-refractivity contribution in [3.63, 3.8) is 0 Å². The summed E-state index contributed by atoms with van der Waals surface area (Å²) in [5.41, 5.74) is 5.94. The molecule has 0 saturated carbocycles. The zero-order chi connectivity index (χ0) is 23.3. The van der Waals surface area contributed by atoms with Crippen LogP contribution >= 0.6 is 22.9 Å². The lowest BCUT2D eigenvalue weighted by molar-refractivity contribution is 0.0720. The fourth-order valence-corrected chi connectivity index (χ4v) is 5.78. The van der Waals surface area contributed by atoms with Crippen molar-refractivity contribution in [3.8, 4) is 11.1 Å². The number of rotatable bonds is 8. The number of benzene rings is 2. The predicted octanol–water partition coefficient (Wildman–Crippen LogP) is 7.21. The largest absolute Gasteiger partial charge is 0.392 e. The van der Waals surface area contributed by atoms with Crippen molar-refractivity contribution in [3.05, 3.63) is 81.0 Å². The lowest BCUT2D eigenvalue weighted by atomic mass is 9.96. The predicted molar refractivity (Wildman–Crippen MR) is 140 cm³/mol. The fraction of sp³-hybridized carbons (Fsp3) is 0.357. The van der Waals surface area contributed by atoms with E-state index in [0.717, 1.165) is 24.2 Å². The minimum atomic E-state index is -0.0562. The van der Waals surface area contributed by atoms with E-state index in [1.807, 2.05) is 0 Å². The smallest absolute Gasteiger partial charge is 0.172 e. The number of likely N-dealkylation sites (tertiary alicyclic amines) is 1. The van der Waals surface area contributed by atoms with Gasteiger partial charge in [0.15, 0.2) is 5.78 Å². The molecule has 6 heteroatoms. The van der Waals surface area contributed by atoms with E-state index in [4.69, 9.17) is 16.4 Å². The van der Waals surface area contributed by atoms with Crippen LogP contribution in [0.15, 0.2) is 65.8 Å². The molecule has 0 amide bonds. The van der Waals surface area contributed by atoms with Crippen LogP contribution in [-0.4, -0.2) is 35.6 Å². The Balaban J connectivity index is 1.19. The standard InChI is InChI=1S/C28H29ClN2O2S/c29-28-15-14-27(34-28)26(32)13-12-23-18-25(30-33-23)21-10-8-20(9-11-21)24-7-3-2-6-22(24)19-31-16-4-1-5-17-31/h2-3,6-11,14-15,23H,1,4-5,12-13,16-19H2. The molecule has 1 fully saturated rings. The van der Waals surface area contributed by atoms with E-state index in [0.29, 0.717) is 22.1 Å². The summed E-state index contributed by atoms with van der Waals surface area (Å²) in [6.07, 6.45) is 5.73. The van der Waals surface area contributed by atoms with Gasteiger partial charge >= 0.3 is 0 Å². The molecule has 34 heavy (non-hydrogen) atoms. The molecule has 3 heterocycles. The lowest BCUT2D eigenvalue weighted by Gasteiger charge is -2.27. The number of carbonyl (C=O) groups excluding carboxylic acids is 1. The maximum Gasteiger partial charge on any atom is 0.172 e. The molecule has 1 aromatic heterocycles. The number of oxime groups is 1.